The molecular formula is C29H32F3N5O6S2. The van der Waals surface area contributed by atoms with E-state index in [-0.39, 0.29) is 61.8 Å². The van der Waals surface area contributed by atoms with Crippen molar-refractivity contribution in [2.45, 2.75) is 49.9 Å². The number of carboxylic acids is 1. The number of carbonyl (C=O) groups excluding carboxylic acids is 1. The Morgan fingerprint density at radius 3 is 2.67 bits per heavy atom. The number of amidine groups is 1. The molecular weight excluding hydrogens is 635 g/mol. The molecule has 1 aromatic carbocycles. The smallest absolute Gasteiger partial charge is 0.338 e. The first-order valence-electron chi connectivity index (χ1n) is 14.5. The molecule has 0 bridgehead atoms. The molecule has 6 rings (SSSR count). The van der Waals surface area contributed by atoms with Crippen molar-refractivity contribution in [1.29, 1.82) is 0 Å². The third-order valence-electron chi connectivity index (χ3n) is 9.13. The van der Waals surface area contributed by atoms with Crippen molar-refractivity contribution in [2.75, 3.05) is 32.8 Å². The van der Waals surface area contributed by atoms with Crippen molar-refractivity contribution >= 4 is 39.1 Å². The molecule has 4 heterocycles. The highest BCUT2D eigenvalue weighted by Gasteiger charge is 2.61. The lowest BCUT2D eigenvalue weighted by Crippen LogP contribution is -2.48. The number of hydrogen-bond donors (Lipinski definition) is 2. The number of carbonyl (C=O) groups is 2. The number of ether oxygens (including phenoxy) is 1. The minimum absolute atomic E-state index is 0.0245. The predicted molar refractivity (Wildman–Crippen MR) is 158 cm³/mol. The van der Waals surface area contributed by atoms with Crippen molar-refractivity contribution in [3.05, 3.63) is 63.0 Å². The number of alkyl halides is 2. The summed E-state index contributed by atoms with van der Waals surface area (Å²) in [4.78, 5) is 35.2. The highest BCUT2D eigenvalue weighted by Crippen LogP contribution is 2.46. The number of esters is 1. The van der Waals surface area contributed by atoms with E-state index in [1.807, 2.05) is 0 Å². The molecule has 3 atom stereocenters. The first-order valence-corrected chi connectivity index (χ1v) is 16.9. The Bertz CT molecular complexity index is 1680. The molecule has 0 spiro atoms. The number of rotatable bonds is 9. The van der Waals surface area contributed by atoms with E-state index in [4.69, 9.17) is 9.73 Å². The molecule has 1 aliphatic carbocycles. The van der Waals surface area contributed by atoms with Crippen LogP contribution in [0.4, 0.5) is 13.2 Å². The lowest BCUT2D eigenvalue weighted by atomic mass is 9.85. The van der Waals surface area contributed by atoms with E-state index in [1.165, 1.54) is 28.4 Å². The van der Waals surface area contributed by atoms with E-state index < -0.39 is 69.4 Å². The van der Waals surface area contributed by atoms with Gasteiger partial charge in [0.25, 0.3) is 5.92 Å². The number of aromatic nitrogens is 1. The molecule has 2 saturated heterocycles. The molecule has 2 aromatic rings. The standard InChI is InChI=1S/C29H32F3N5O6S2/c1-3-43-28(40)23-21(34-25(26-33-7-8-44-26)35-24(23)18-5-4-6-20(30)15(18)2)12-36-14-29(31,32)19-11-37(13-22(19)36)45(41,42)17-9-16(10-17)27(38)39/h4-8,16-17,19,22,24H,3,9-14H2,1-2H3,(H,34,35)(H,38,39). The van der Waals surface area contributed by atoms with Crippen LogP contribution in [0.3, 0.4) is 0 Å². The van der Waals surface area contributed by atoms with Crippen LogP contribution in [0.1, 0.15) is 41.9 Å². The van der Waals surface area contributed by atoms with E-state index in [0.717, 1.165) is 4.31 Å². The molecule has 1 saturated carbocycles. The lowest BCUT2D eigenvalue weighted by Gasteiger charge is -2.35. The van der Waals surface area contributed by atoms with Crippen LogP contribution < -0.4 is 5.32 Å². The Kier molecular flexibility index (Phi) is 8.29. The van der Waals surface area contributed by atoms with Crippen LogP contribution in [0.5, 0.6) is 0 Å². The minimum Gasteiger partial charge on any atom is -0.481 e. The first-order chi connectivity index (χ1) is 21.3. The second-order valence-corrected chi connectivity index (χ2v) is 14.8. The third kappa shape index (κ3) is 5.66. The van der Waals surface area contributed by atoms with Gasteiger partial charge >= 0.3 is 11.9 Å². The van der Waals surface area contributed by atoms with E-state index in [1.54, 1.807) is 31.5 Å². The summed E-state index contributed by atoms with van der Waals surface area (Å²) in [6, 6.07) is 2.52. The summed E-state index contributed by atoms with van der Waals surface area (Å²) in [6.45, 7) is 1.76. The van der Waals surface area contributed by atoms with Crippen molar-refractivity contribution in [3.63, 3.8) is 0 Å². The van der Waals surface area contributed by atoms with Gasteiger partial charge in [0.1, 0.15) is 11.9 Å². The highest BCUT2D eigenvalue weighted by molar-refractivity contribution is 7.89. The number of halogens is 3. The maximum Gasteiger partial charge on any atom is 0.338 e. The molecule has 3 aliphatic heterocycles. The van der Waals surface area contributed by atoms with Crippen molar-refractivity contribution < 1.29 is 41.0 Å². The number of carboxylic acid groups (broad SMARTS) is 1. The van der Waals surface area contributed by atoms with E-state index in [9.17, 15) is 27.5 Å². The molecule has 242 valence electrons. The SMILES string of the molecule is CCOC(=O)C1=C(CN2CC(F)(F)C3CN(S(=O)(=O)C4CC(C(=O)O)C4)CC32)NC(c2nccs2)=NC1c1cccc(F)c1C. The average molecular weight is 668 g/mol. The topological polar surface area (TPSA) is 142 Å². The van der Waals surface area contributed by atoms with Gasteiger partial charge in [0.2, 0.25) is 10.0 Å². The average Bonchev–Trinajstić information content (AvgIpc) is 3.68. The van der Waals surface area contributed by atoms with Gasteiger partial charge in [-0.25, -0.2) is 31.4 Å². The summed E-state index contributed by atoms with van der Waals surface area (Å²) in [6.07, 6.45) is 1.46. The van der Waals surface area contributed by atoms with Gasteiger partial charge in [-0.05, 0) is 43.9 Å². The molecule has 2 N–H and O–H groups in total. The van der Waals surface area contributed by atoms with Crippen LogP contribution in [0.25, 0.3) is 0 Å². The Morgan fingerprint density at radius 1 is 1.24 bits per heavy atom. The summed E-state index contributed by atoms with van der Waals surface area (Å²) in [7, 11) is -3.99. The molecule has 4 aliphatic rings. The van der Waals surface area contributed by atoms with E-state index >= 15 is 8.78 Å². The Balaban J connectivity index is 1.35. The second-order valence-electron chi connectivity index (χ2n) is 11.7. The van der Waals surface area contributed by atoms with E-state index in [0.29, 0.717) is 10.6 Å². The second kappa shape index (κ2) is 11.8. The fourth-order valence-corrected chi connectivity index (χ4v) is 9.30. The largest absolute Gasteiger partial charge is 0.481 e. The molecule has 45 heavy (non-hydrogen) atoms. The van der Waals surface area contributed by atoms with Gasteiger partial charge < -0.3 is 15.2 Å². The Morgan fingerprint density at radius 2 is 2.00 bits per heavy atom. The van der Waals surface area contributed by atoms with Crippen LogP contribution >= 0.6 is 11.3 Å². The normalized spacial score (nSPS) is 28.3. The number of likely N-dealkylation sites (tertiary alicyclic amines) is 1. The molecule has 16 heteroatoms. The lowest BCUT2D eigenvalue weighted by molar-refractivity contribution is -0.144. The van der Waals surface area contributed by atoms with Crippen LogP contribution in [0, 0.1) is 24.6 Å². The van der Waals surface area contributed by atoms with Gasteiger partial charge in [-0.3, -0.25) is 14.7 Å². The zero-order valence-corrected chi connectivity index (χ0v) is 26.1. The molecule has 0 amide bonds. The number of sulfonamides is 1. The number of hydrogen-bond acceptors (Lipinski definition) is 10. The number of aliphatic imine (C=N–C) groups is 1. The molecule has 3 unspecified atom stereocenters. The van der Waals surface area contributed by atoms with Crippen LogP contribution in [-0.4, -0.2) is 95.5 Å². The van der Waals surface area contributed by atoms with Crippen molar-refractivity contribution in [3.8, 4) is 0 Å². The Labute approximate surface area is 261 Å². The Hall–Kier alpha value is -3.34. The summed E-state index contributed by atoms with van der Waals surface area (Å²) < 4.78 is 78.8. The van der Waals surface area contributed by atoms with Gasteiger partial charge in [-0.15, -0.1) is 11.3 Å². The van der Waals surface area contributed by atoms with Crippen LogP contribution in [-0.2, 0) is 24.3 Å². The zero-order valence-electron chi connectivity index (χ0n) is 24.5. The number of fused-ring (bicyclic) bond motifs is 1. The summed E-state index contributed by atoms with van der Waals surface area (Å²) in [5.74, 6) is -7.34. The number of thiazole rings is 1. The van der Waals surface area contributed by atoms with Crippen molar-refractivity contribution in [2.24, 2.45) is 16.8 Å². The van der Waals surface area contributed by atoms with Gasteiger partial charge in [-0.2, -0.15) is 4.31 Å². The molecule has 3 fully saturated rings. The highest BCUT2D eigenvalue weighted by atomic mass is 32.2. The molecule has 0 radical (unpaired) electrons. The van der Waals surface area contributed by atoms with Crippen LogP contribution in [0.2, 0.25) is 0 Å². The third-order valence-corrected chi connectivity index (χ3v) is 12.2. The van der Waals surface area contributed by atoms with E-state index in [2.05, 4.69) is 10.3 Å². The monoisotopic (exact) mass is 667 g/mol. The summed E-state index contributed by atoms with van der Waals surface area (Å²) in [5, 5.41) is 13.6. The number of aliphatic carboxylic acids is 1. The summed E-state index contributed by atoms with van der Waals surface area (Å²) in [5.41, 5.74) is 0.921. The predicted octanol–water partition coefficient (Wildman–Crippen LogP) is 2.94. The quantitative estimate of drug-likeness (QED) is 0.386. The van der Waals surface area contributed by atoms with Gasteiger partial charge in [0.15, 0.2) is 10.8 Å². The van der Waals surface area contributed by atoms with Crippen LogP contribution in [0.15, 0.2) is 46.0 Å². The minimum atomic E-state index is -3.99. The fourth-order valence-electron chi connectivity index (χ4n) is 6.61. The first kappa shape index (κ1) is 31.6. The van der Waals surface area contributed by atoms with Gasteiger partial charge in [0.05, 0.1) is 35.8 Å². The number of nitrogens with one attached hydrogen (secondary N) is 1. The summed E-state index contributed by atoms with van der Waals surface area (Å²) >= 11 is 1.27. The number of benzene rings is 1. The molecule has 11 nitrogen and oxygen atoms in total. The van der Waals surface area contributed by atoms with Gasteiger partial charge in [0, 0.05) is 43.0 Å². The van der Waals surface area contributed by atoms with Crippen molar-refractivity contribution in [1.82, 2.24) is 19.5 Å². The van der Waals surface area contributed by atoms with Gasteiger partial charge in [-0.1, -0.05) is 12.1 Å². The maximum absolute atomic E-state index is 15.5. The number of nitrogens with zero attached hydrogens (tertiary/aromatic N) is 4. The fraction of sp³-hybridized carbons (Fsp3) is 0.517. The maximum atomic E-state index is 15.5. The molecule has 1 aromatic heterocycles. The zero-order chi connectivity index (χ0) is 32.3.